The third-order valence-electron chi connectivity index (χ3n) is 11.0. The van der Waals surface area contributed by atoms with E-state index in [1.54, 1.807) is 26.0 Å². The molecule has 7 amide bonds. The Balaban J connectivity index is 1.89. The molecule has 0 saturated carbocycles. The van der Waals surface area contributed by atoms with Crippen LogP contribution in [0.3, 0.4) is 0 Å². The molecule has 15 N–H and O–H groups in total. The van der Waals surface area contributed by atoms with Crippen LogP contribution in [-0.2, 0) is 65.6 Å². The van der Waals surface area contributed by atoms with E-state index in [2.05, 4.69) is 37.2 Å². The number of carbonyl (C=O) groups is 11. The highest BCUT2D eigenvalue weighted by molar-refractivity contribution is 5.99. The van der Waals surface area contributed by atoms with Gasteiger partial charge in [0.05, 0.1) is 25.0 Å². The van der Waals surface area contributed by atoms with Crippen molar-refractivity contribution in [2.24, 2.45) is 5.92 Å². The summed E-state index contributed by atoms with van der Waals surface area (Å²) in [5.74, 6) is -15.0. The third kappa shape index (κ3) is 19.2. The van der Waals surface area contributed by atoms with Crippen molar-refractivity contribution in [3.05, 3.63) is 59.7 Å². The van der Waals surface area contributed by atoms with Gasteiger partial charge in [0.25, 0.3) is 0 Å². The molecule has 3 rings (SSSR count). The van der Waals surface area contributed by atoms with Gasteiger partial charge in [-0.25, -0.2) is 4.79 Å². The fourth-order valence-electron chi connectivity index (χ4n) is 7.15. The largest absolute Gasteiger partial charge is 0.508 e. The molecule has 26 heteroatoms. The summed E-state index contributed by atoms with van der Waals surface area (Å²) in [6, 6.07) is -1.88. The summed E-state index contributed by atoms with van der Waals surface area (Å²) >= 11 is 0. The molecule has 388 valence electrons. The number of nitrogens with one attached hydrogen (secondary N) is 8. The number of rotatable bonds is 28. The van der Waals surface area contributed by atoms with Crippen molar-refractivity contribution in [1.29, 1.82) is 0 Å². The first-order chi connectivity index (χ1) is 33.3. The van der Waals surface area contributed by atoms with Gasteiger partial charge in [0.2, 0.25) is 41.4 Å². The SMILES string of the molecule is CC(C)[C@H](NC(=O)[C@H](Cc1ccc(O)cc1)NC(=O)[C@@H]1CCCN1)C(=O)N[C@H](C(=O)N[C@@H](Cc1ccc(O)cc1)C(=O)N[C@@H](CC(=O)O)C(=O)N[C@@H](CCC(=O)O)C(=O)N[C@@H](CC(=O)O)C(=O)O)[C@@H](C)O. The Morgan fingerprint density at radius 2 is 0.958 bits per heavy atom. The molecule has 1 aliphatic rings. The summed E-state index contributed by atoms with van der Waals surface area (Å²) in [7, 11) is 0. The number of amides is 7. The van der Waals surface area contributed by atoms with E-state index in [9.17, 15) is 83.4 Å². The number of carboxylic acid groups (broad SMARTS) is 4. The number of benzene rings is 2. The van der Waals surface area contributed by atoms with Gasteiger partial charge in [0.15, 0.2) is 0 Å². The maximum atomic E-state index is 14.0. The van der Waals surface area contributed by atoms with E-state index in [1.807, 2.05) is 5.32 Å². The molecule has 9 atom stereocenters. The Morgan fingerprint density at radius 3 is 1.42 bits per heavy atom. The summed E-state index contributed by atoms with van der Waals surface area (Å²) in [5.41, 5.74) is 0.813. The van der Waals surface area contributed by atoms with E-state index in [1.165, 1.54) is 36.4 Å². The minimum atomic E-state index is -2.09. The lowest BCUT2D eigenvalue weighted by Crippen LogP contribution is -2.63. The van der Waals surface area contributed by atoms with Crippen LogP contribution < -0.4 is 42.5 Å². The highest BCUT2D eigenvalue weighted by atomic mass is 16.4. The number of hydrogen-bond acceptors (Lipinski definition) is 15. The van der Waals surface area contributed by atoms with Crippen LogP contribution in [0.15, 0.2) is 48.5 Å². The molecule has 0 aliphatic carbocycles. The zero-order valence-electron chi connectivity index (χ0n) is 38.9. The molecule has 2 aromatic rings. The molecule has 0 aromatic heterocycles. The van der Waals surface area contributed by atoms with E-state index in [4.69, 9.17) is 5.11 Å². The van der Waals surface area contributed by atoms with Gasteiger partial charge in [-0.15, -0.1) is 0 Å². The van der Waals surface area contributed by atoms with Crippen molar-refractivity contribution in [3.8, 4) is 11.5 Å². The number of phenols is 2. The van der Waals surface area contributed by atoms with Gasteiger partial charge < -0.3 is 78.3 Å². The molecule has 26 nitrogen and oxygen atoms in total. The lowest BCUT2D eigenvalue weighted by molar-refractivity contribution is -0.147. The van der Waals surface area contributed by atoms with Crippen molar-refractivity contribution >= 4 is 65.2 Å². The molecule has 0 spiro atoms. The second kappa shape index (κ2) is 27.4. The fourth-order valence-corrected chi connectivity index (χ4v) is 7.15. The van der Waals surface area contributed by atoms with Gasteiger partial charge >= 0.3 is 23.9 Å². The summed E-state index contributed by atoms with van der Waals surface area (Å²) in [4.78, 5) is 142. The van der Waals surface area contributed by atoms with Crippen molar-refractivity contribution in [2.45, 2.75) is 127 Å². The Morgan fingerprint density at radius 1 is 0.535 bits per heavy atom. The second-order valence-electron chi connectivity index (χ2n) is 17.1. The number of aliphatic hydroxyl groups is 1. The third-order valence-corrected chi connectivity index (χ3v) is 11.0. The number of aliphatic hydroxyl groups excluding tert-OH is 1. The molecule has 0 unspecified atom stereocenters. The Hall–Kier alpha value is -7.87. The van der Waals surface area contributed by atoms with Crippen molar-refractivity contribution in [3.63, 3.8) is 0 Å². The predicted molar refractivity (Wildman–Crippen MR) is 244 cm³/mol. The minimum absolute atomic E-state index is 0.0417. The molecule has 0 radical (unpaired) electrons. The number of carboxylic acids is 4. The van der Waals surface area contributed by atoms with Gasteiger partial charge in [0, 0.05) is 19.3 Å². The van der Waals surface area contributed by atoms with Gasteiger partial charge in [-0.1, -0.05) is 38.1 Å². The van der Waals surface area contributed by atoms with E-state index in [0.29, 0.717) is 18.5 Å². The van der Waals surface area contributed by atoms with Crippen LogP contribution in [0.2, 0.25) is 0 Å². The Bertz CT molecular complexity index is 2250. The van der Waals surface area contributed by atoms with Gasteiger partial charge in [-0.2, -0.15) is 0 Å². The van der Waals surface area contributed by atoms with Crippen LogP contribution in [0.4, 0.5) is 0 Å². The average Bonchev–Trinajstić information content (AvgIpc) is 3.84. The molecular weight excluding hydrogens is 941 g/mol. The summed E-state index contributed by atoms with van der Waals surface area (Å²) < 4.78 is 0. The summed E-state index contributed by atoms with van der Waals surface area (Å²) in [6.45, 7) is 4.83. The highest BCUT2D eigenvalue weighted by Crippen LogP contribution is 2.15. The maximum absolute atomic E-state index is 14.0. The van der Waals surface area contributed by atoms with Gasteiger partial charge in [-0.3, -0.25) is 47.9 Å². The molecule has 1 fully saturated rings. The molecule has 0 bridgehead atoms. The van der Waals surface area contributed by atoms with Crippen molar-refractivity contribution in [2.75, 3.05) is 6.54 Å². The van der Waals surface area contributed by atoms with Crippen LogP contribution in [-0.4, -0.2) is 162 Å². The highest BCUT2D eigenvalue weighted by Gasteiger charge is 2.37. The number of carbonyl (C=O) groups excluding carboxylic acids is 7. The molecule has 1 aliphatic heterocycles. The van der Waals surface area contributed by atoms with Crippen LogP contribution in [0.25, 0.3) is 0 Å². The number of aliphatic carboxylic acids is 4. The van der Waals surface area contributed by atoms with Crippen LogP contribution >= 0.6 is 0 Å². The van der Waals surface area contributed by atoms with E-state index in [0.717, 1.165) is 13.3 Å². The average molecular weight is 1000 g/mol. The maximum Gasteiger partial charge on any atom is 0.326 e. The molecule has 1 heterocycles. The number of hydrogen-bond donors (Lipinski definition) is 15. The standard InChI is InChI=1S/C45H60N8O18/c1-21(2)36(52-42(67)30(18-24-8-12-26(56)13-9-24)48-38(63)27-5-4-16-46-27)43(68)53-37(22(3)54)44(69)50-29(17-23-6-10-25(55)11-7-23)40(65)49-31(19-34(59)60)41(66)47-28(14-15-33(57)58)39(64)51-32(45(70)71)20-35(61)62/h6-13,21-22,27-32,36-37,46,54-56H,4-5,14-20H2,1-3H3,(H,47,66)(H,48,63)(H,49,65)(H,50,69)(H,51,64)(H,52,67)(H,53,68)(H,57,58)(H,59,60)(H,61,62)(H,70,71)/t22-,27+,28+,29+,30+,31+,32+,36+,37+/m1/s1. The van der Waals surface area contributed by atoms with E-state index in [-0.39, 0.29) is 23.5 Å². The van der Waals surface area contributed by atoms with E-state index < -0.39 is 158 Å². The molecular formula is C45H60N8O18. The van der Waals surface area contributed by atoms with Crippen LogP contribution in [0, 0.1) is 5.92 Å². The first-order valence-corrected chi connectivity index (χ1v) is 22.3. The quantitative estimate of drug-likeness (QED) is 0.0403. The smallest absolute Gasteiger partial charge is 0.326 e. The molecule has 1 saturated heterocycles. The topological polar surface area (TPSA) is 426 Å². The molecule has 2 aromatic carbocycles. The van der Waals surface area contributed by atoms with E-state index >= 15 is 0 Å². The first-order valence-electron chi connectivity index (χ1n) is 22.3. The predicted octanol–water partition coefficient (Wildman–Crippen LogP) is -3.04. The van der Waals surface area contributed by atoms with Gasteiger partial charge in [-0.05, 0) is 74.0 Å². The van der Waals surface area contributed by atoms with Crippen molar-refractivity contribution in [1.82, 2.24) is 42.5 Å². The Labute approximate surface area is 405 Å². The monoisotopic (exact) mass is 1000 g/mol. The van der Waals surface area contributed by atoms with Gasteiger partial charge in [0.1, 0.15) is 53.8 Å². The lowest BCUT2D eigenvalue weighted by atomic mass is 9.99. The Kier molecular flexibility index (Phi) is 22.1. The zero-order chi connectivity index (χ0) is 53.1. The zero-order valence-corrected chi connectivity index (χ0v) is 38.9. The van der Waals surface area contributed by atoms with Crippen LogP contribution in [0.1, 0.15) is 70.4 Å². The number of phenolic OH excluding ortho intramolecular Hbond substituents is 2. The lowest BCUT2D eigenvalue weighted by Gasteiger charge is -2.29. The first kappa shape index (κ1) is 57.4. The van der Waals surface area contributed by atoms with Crippen molar-refractivity contribution < 1.29 is 88.5 Å². The summed E-state index contributed by atoms with van der Waals surface area (Å²) in [5, 5.41) is 87.0. The summed E-state index contributed by atoms with van der Waals surface area (Å²) in [6.07, 6.45) is -4.80. The fraction of sp³-hybridized carbons (Fsp3) is 0.489. The minimum Gasteiger partial charge on any atom is -0.508 e. The number of aromatic hydroxyl groups is 2. The second-order valence-corrected chi connectivity index (χ2v) is 17.1. The normalized spacial score (nSPS) is 16.5. The molecule has 71 heavy (non-hydrogen) atoms. The van der Waals surface area contributed by atoms with Crippen LogP contribution in [0.5, 0.6) is 11.5 Å².